The van der Waals surface area contributed by atoms with Crippen LogP contribution in [0.1, 0.15) is 103 Å². The third kappa shape index (κ3) is 11.0. The first-order valence-corrected chi connectivity index (χ1v) is 21.9. The lowest BCUT2D eigenvalue weighted by atomic mass is 10.0. The molecule has 0 saturated carbocycles. The molecule has 7 N–H and O–H groups in total. The summed E-state index contributed by atoms with van der Waals surface area (Å²) in [4.78, 5) is 85.2. The molecule has 7 aromatic rings. The van der Waals surface area contributed by atoms with Crippen LogP contribution in [0.3, 0.4) is 0 Å². The Hall–Kier alpha value is -8.16. The maximum absolute atomic E-state index is 14.2. The van der Waals surface area contributed by atoms with Crippen molar-refractivity contribution in [2.45, 2.75) is 92.1 Å². The molecule has 0 aliphatic heterocycles. The summed E-state index contributed by atoms with van der Waals surface area (Å²) in [5.74, 6) is -2.38. The molecule has 4 heterocycles. The number of aromatic nitrogens is 8. The van der Waals surface area contributed by atoms with Gasteiger partial charge in [0.05, 0.1) is 46.3 Å². The zero-order valence-electron chi connectivity index (χ0n) is 37.5. The maximum Gasteiger partial charge on any atom is 0.407 e. The number of imidazole rings is 2. The van der Waals surface area contributed by atoms with E-state index in [0.29, 0.717) is 83.0 Å². The molecule has 20 heteroatoms. The van der Waals surface area contributed by atoms with Crippen molar-refractivity contribution in [1.29, 1.82) is 0 Å². The first-order chi connectivity index (χ1) is 32.2. The molecule has 348 valence electrons. The normalized spacial score (nSPS) is 11.3. The fourth-order valence-corrected chi connectivity index (χ4v) is 8.05. The number of primary amides is 2. The molecule has 67 heavy (non-hydrogen) atoms. The summed E-state index contributed by atoms with van der Waals surface area (Å²) in [6, 6.07) is 20.5. The van der Waals surface area contributed by atoms with Gasteiger partial charge in [0.15, 0.2) is 5.78 Å². The number of nitrogens with one attached hydrogen (secondary N) is 2. The molecule has 4 amide bonds. The molecule has 0 spiro atoms. The number of anilines is 1. The van der Waals surface area contributed by atoms with Crippen molar-refractivity contribution in [2.75, 3.05) is 11.9 Å². The third-order valence-corrected chi connectivity index (χ3v) is 11.3. The zero-order chi connectivity index (χ0) is 47.8. The van der Waals surface area contributed by atoms with Crippen LogP contribution >= 0.6 is 0 Å². The number of rotatable bonds is 22. The highest BCUT2D eigenvalue weighted by atomic mass is 16.5. The molecule has 0 bridgehead atoms. The molecule has 0 aliphatic carbocycles. The number of fused-ring (bicyclic) bond motifs is 2. The van der Waals surface area contributed by atoms with Crippen molar-refractivity contribution < 1.29 is 38.6 Å². The predicted molar refractivity (Wildman–Crippen MR) is 247 cm³/mol. The largest absolute Gasteiger partial charge is 0.481 e. The highest BCUT2D eigenvalue weighted by Crippen LogP contribution is 2.25. The second-order valence-corrected chi connectivity index (χ2v) is 16.0. The number of nitrogens with zero attached hydrogens (tertiary/aromatic N) is 8. The van der Waals surface area contributed by atoms with E-state index in [1.165, 1.54) is 6.07 Å². The minimum atomic E-state index is -1.00. The van der Waals surface area contributed by atoms with Gasteiger partial charge < -0.3 is 35.8 Å². The first-order valence-electron chi connectivity index (χ1n) is 21.9. The van der Waals surface area contributed by atoms with Crippen molar-refractivity contribution in [3.63, 3.8) is 0 Å². The van der Waals surface area contributed by atoms with E-state index in [1.807, 2.05) is 44.2 Å². The Morgan fingerprint density at radius 1 is 0.761 bits per heavy atom. The van der Waals surface area contributed by atoms with Gasteiger partial charge in [0.2, 0.25) is 17.8 Å². The Labute approximate surface area is 384 Å². The average Bonchev–Trinajstić information content (AvgIpc) is 4.05. The van der Waals surface area contributed by atoms with Gasteiger partial charge in [0.1, 0.15) is 23.8 Å². The molecule has 0 saturated heterocycles. The van der Waals surface area contributed by atoms with Gasteiger partial charge in [0.25, 0.3) is 5.91 Å². The Morgan fingerprint density at radius 2 is 1.45 bits per heavy atom. The van der Waals surface area contributed by atoms with Crippen LogP contribution in [0.4, 0.5) is 10.7 Å². The van der Waals surface area contributed by atoms with E-state index < -0.39 is 29.8 Å². The lowest BCUT2D eigenvalue weighted by molar-refractivity contribution is -0.137. The zero-order valence-corrected chi connectivity index (χ0v) is 37.5. The number of carbonyl (C=O) groups is 6. The van der Waals surface area contributed by atoms with Gasteiger partial charge in [-0.05, 0) is 88.1 Å². The molecule has 0 atom stereocenters. The summed E-state index contributed by atoms with van der Waals surface area (Å²) in [7, 11) is 0. The monoisotopic (exact) mass is 912 g/mol. The molecule has 3 aromatic carbocycles. The first kappa shape index (κ1) is 46.8. The molecular weight excluding hydrogens is 861 g/mol. The number of nitrogens with two attached hydrogens (primary N) is 2. The number of aliphatic carboxylic acids is 1. The van der Waals surface area contributed by atoms with Gasteiger partial charge in [-0.1, -0.05) is 36.8 Å². The van der Waals surface area contributed by atoms with Gasteiger partial charge in [-0.2, -0.15) is 10.2 Å². The van der Waals surface area contributed by atoms with Crippen LogP contribution in [0.25, 0.3) is 22.1 Å². The smallest absolute Gasteiger partial charge is 0.407 e. The topological polar surface area (TPSA) is 279 Å². The number of hydrogen-bond acceptors (Lipinski definition) is 11. The molecule has 4 aromatic heterocycles. The number of hydrogen-bond donors (Lipinski definition) is 5. The highest BCUT2D eigenvalue weighted by molar-refractivity contribution is 6.04. The van der Waals surface area contributed by atoms with E-state index >= 15 is 0 Å². The molecule has 0 fully saturated rings. The van der Waals surface area contributed by atoms with Crippen LogP contribution in [0.2, 0.25) is 0 Å². The standard InChI is InChI=1S/C47H52N12O8/c1-4-58-42(45(65)53-46-52-35-25-32(44(49)64)15-17-37(35)57(46)22-19-50-47(66)67-27-30-11-7-5-8-12-30)33(29(3)55-58)13-9-6-10-20-59-38(23-28(2)54-59)39(60)26-40-51-34-24-31(43(48)63)14-16-36(34)56(40)21-18-41(61)62/h5,7-8,11-12,14-17,23-25H,4,6,9-10,13,18-22,26-27H2,1-3H3,(H2,48,63)(H2,49,64)(H,50,66)(H,61,62)(H,52,53,65). The molecule has 0 radical (unpaired) electrons. The number of aryl methyl sites for hydroxylation is 5. The van der Waals surface area contributed by atoms with E-state index in [9.17, 15) is 33.9 Å². The van der Waals surface area contributed by atoms with Gasteiger partial charge in [-0.3, -0.25) is 38.7 Å². The molecule has 20 nitrogen and oxygen atoms in total. The van der Waals surface area contributed by atoms with E-state index in [1.54, 1.807) is 61.8 Å². The van der Waals surface area contributed by atoms with Crippen LogP contribution in [0.5, 0.6) is 0 Å². The molecule has 0 aliphatic rings. The molecule has 0 unspecified atom stereocenters. The second kappa shape index (κ2) is 20.8. The number of amides is 4. The summed E-state index contributed by atoms with van der Waals surface area (Å²) in [5.41, 5.74) is 17.3. The molecule has 7 rings (SSSR count). The van der Waals surface area contributed by atoms with Gasteiger partial charge in [0, 0.05) is 49.4 Å². The SMILES string of the molecule is CCn1nc(C)c(CCCCCn2nc(C)cc2C(=O)Cc2nc3cc(C(N)=O)ccc3n2CCC(=O)O)c1C(=O)Nc1nc2cc(C(N)=O)ccc2n1CCNC(=O)OCc1ccccc1. The number of benzene rings is 3. The minimum Gasteiger partial charge on any atom is -0.481 e. The number of carboxylic acid groups (broad SMARTS) is 1. The Morgan fingerprint density at radius 3 is 2.12 bits per heavy atom. The second-order valence-electron chi connectivity index (χ2n) is 16.0. The number of ether oxygens (including phenoxy) is 1. The summed E-state index contributed by atoms with van der Waals surface area (Å²) in [6.07, 6.45) is 1.71. The van der Waals surface area contributed by atoms with Crippen LogP contribution in [0, 0.1) is 13.8 Å². The summed E-state index contributed by atoms with van der Waals surface area (Å²) in [6.45, 7) is 6.96. The van der Waals surface area contributed by atoms with Crippen LogP contribution < -0.4 is 22.1 Å². The van der Waals surface area contributed by atoms with Gasteiger partial charge >= 0.3 is 12.1 Å². The third-order valence-electron chi connectivity index (χ3n) is 11.3. The number of alkyl carbamates (subject to hydrolysis) is 1. The fraction of sp³-hybridized carbons (Fsp3) is 0.319. The number of carbonyl (C=O) groups excluding carboxylic acids is 5. The van der Waals surface area contributed by atoms with Gasteiger partial charge in [-0.15, -0.1) is 0 Å². The van der Waals surface area contributed by atoms with Crippen LogP contribution in [-0.2, 0) is 55.2 Å². The summed E-state index contributed by atoms with van der Waals surface area (Å²) >= 11 is 0. The quantitative estimate of drug-likeness (QED) is 0.0439. The van der Waals surface area contributed by atoms with E-state index in [2.05, 4.69) is 30.8 Å². The van der Waals surface area contributed by atoms with Crippen molar-refractivity contribution in [1.82, 2.24) is 44.0 Å². The Balaban J connectivity index is 1.01. The van der Waals surface area contributed by atoms with E-state index in [-0.39, 0.29) is 61.9 Å². The number of Topliss-reactive ketones (excluding diaryl/α,β-unsaturated/α-hetero) is 1. The molecular formula is C47H52N12O8. The summed E-state index contributed by atoms with van der Waals surface area (Å²) < 4.78 is 12.1. The van der Waals surface area contributed by atoms with E-state index in [4.69, 9.17) is 16.2 Å². The number of carboxylic acids is 1. The number of unbranched alkanes of at least 4 members (excludes halogenated alkanes) is 2. The van der Waals surface area contributed by atoms with Crippen molar-refractivity contribution in [3.8, 4) is 0 Å². The van der Waals surface area contributed by atoms with Gasteiger partial charge in [-0.25, -0.2) is 14.8 Å². The van der Waals surface area contributed by atoms with Crippen LogP contribution in [-0.4, -0.2) is 85.9 Å². The Kier molecular flexibility index (Phi) is 14.5. The van der Waals surface area contributed by atoms with Crippen molar-refractivity contribution in [3.05, 3.63) is 124 Å². The predicted octanol–water partition coefficient (Wildman–Crippen LogP) is 5.11. The average molecular weight is 913 g/mol. The lowest BCUT2D eigenvalue weighted by Crippen LogP contribution is -2.28. The highest BCUT2D eigenvalue weighted by Gasteiger charge is 2.25. The van der Waals surface area contributed by atoms with Crippen LogP contribution in [0.15, 0.2) is 72.8 Å². The maximum atomic E-state index is 14.2. The summed E-state index contributed by atoms with van der Waals surface area (Å²) in [5, 5.41) is 24.4. The Bertz CT molecular complexity index is 3000. The van der Waals surface area contributed by atoms with Crippen molar-refractivity contribution >= 4 is 63.6 Å². The number of ketones is 1. The lowest BCUT2D eigenvalue weighted by Gasteiger charge is -2.13. The van der Waals surface area contributed by atoms with E-state index in [0.717, 1.165) is 17.5 Å². The van der Waals surface area contributed by atoms with Crippen molar-refractivity contribution in [2.24, 2.45) is 11.5 Å². The minimum absolute atomic E-state index is 0.0799. The fourth-order valence-electron chi connectivity index (χ4n) is 8.05.